The Morgan fingerprint density at radius 1 is 1.24 bits per heavy atom. The molecule has 0 saturated carbocycles. The van der Waals surface area contributed by atoms with Gasteiger partial charge in [0.1, 0.15) is 5.60 Å². The van der Waals surface area contributed by atoms with E-state index < -0.39 is 5.60 Å². The standard InChI is InChI=1S/C17H28N2O2/c1-5-15(19-16(20)21-17(2,3)4)13-18-12-11-14-9-7-6-8-10-14/h6-10,15,18H,5,11-13H2,1-4H3,(H,19,20). The lowest BCUT2D eigenvalue weighted by Gasteiger charge is -2.23. The number of benzene rings is 1. The van der Waals surface area contributed by atoms with Gasteiger partial charge in [-0.05, 0) is 45.7 Å². The predicted octanol–water partition coefficient (Wildman–Crippen LogP) is 3.12. The van der Waals surface area contributed by atoms with E-state index in [1.165, 1.54) is 5.56 Å². The van der Waals surface area contributed by atoms with E-state index in [1.54, 1.807) is 0 Å². The van der Waals surface area contributed by atoms with Crippen molar-refractivity contribution in [1.29, 1.82) is 0 Å². The average molecular weight is 292 g/mol. The molecule has 4 nitrogen and oxygen atoms in total. The van der Waals surface area contributed by atoms with Crippen LogP contribution in [0.4, 0.5) is 4.79 Å². The highest BCUT2D eigenvalue weighted by Gasteiger charge is 2.18. The molecule has 1 unspecified atom stereocenters. The molecular formula is C17H28N2O2. The maximum Gasteiger partial charge on any atom is 0.407 e. The number of ether oxygens (including phenoxy) is 1. The normalized spacial score (nSPS) is 12.8. The molecule has 4 heteroatoms. The second-order valence-electron chi connectivity index (χ2n) is 6.19. The Balaban J connectivity index is 2.23. The van der Waals surface area contributed by atoms with Gasteiger partial charge in [0.2, 0.25) is 0 Å². The third kappa shape index (κ3) is 8.35. The van der Waals surface area contributed by atoms with Gasteiger partial charge >= 0.3 is 6.09 Å². The summed E-state index contributed by atoms with van der Waals surface area (Å²) in [6.45, 7) is 9.31. The first-order valence-corrected chi connectivity index (χ1v) is 7.65. The van der Waals surface area contributed by atoms with Crippen LogP contribution in [-0.2, 0) is 11.2 Å². The summed E-state index contributed by atoms with van der Waals surface area (Å²) in [6, 6.07) is 10.5. The lowest BCUT2D eigenvalue weighted by molar-refractivity contribution is 0.0502. The molecule has 21 heavy (non-hydrogen) atoms. The quantitative estimate of drug-likeness (QED) is 0.759. The lowest BCUT2D eigenvalue weighted by Crippen LogP contribution is -2.44. The Morgan fingerprint density at radius 2 is 1.90 bits per heavy atom. The number of alkyl carbamates (subject to hydrolysis) is 1. The van der Waals surface area contributed by atoms with Crippen LogP contribution in [0.15, 0.2) is 30.3 Å². The van der Waals surface area contributed by atoms with E-state index in [1.807, 2.05) is 39.0 Å². The Labute approximate surface area is 128 Å². The van der Waals surface area contributed by atoms with Gasteiger partial charge < -0.3 is 15.4 Å². The molecule has 0 fully saturated rings. The summed E-state index contributed by atoms with van der Waals surface area (Å²) in [7, 11) is 0. The van der Waals surface area contributed by atoms with Crippen LogP contribution >= 0.6 is 0 Å². The molecule has 0 saturated heterocycles. The first kappa shape index (κ1) is 17.5. The minimum atomic E-state index is -0.455. The van der Waals surface area contributed by atoms with E-state index in [-0.39, 0.29) is 12.1 Å². The molecule has 0 radical (unpaired) electrons. The summed E-state index contributed by atoms with van der Waals surface area (Å²) in [5, 5.41) is 6.28. The molecule has 0 heterocycles. The van der Waals surface area contributed by atoms with Gasteiger partial charge in [-0.1, -0.05) is 37.3 Å². The fraction of sp³-hybridized carbons (Fsp3) is 0.588. The molecule has 0 bridgehead atoms. The molecule has 1 aromatic rings. The second-order valence-corrected chi connectivity index (χ2v) is 6.19. The van der Waals surface area contributed by atoms with Crippen LogP contribution in [0.1, 0.15) is 39.7 Å². The predicted molar refractivity (Wildman–Crippen MR) is 86.5 cm³/mol. The third-order valence-corrected chi connectivity index (χ3v) is 3.04. The summed E-state index contributed by atoms with van der Waals surface area (Å²) in [5.41, 5.74) is 0.862. The van der Waals surface area contributed by atoms with E-state index in [4.69, 9.17) is 4.74 Å². The number of amides is 1. The monoisotopic (exact) mass is 292 g/mol. The molecule has 0 spiro atoms. The van der Waals surface area contributed by atoms with Crippen LogP contribution in [0.2, 0.25) is 0 Å². The molecule has 0 aliphatic heterocycles. The van der Waals surface area contributed by atoms with Crippen LogP contribution in [0, 0.1) is 0 Å². The zero-order chi connectivity index (χ0) is 15.7. The van der Waals surface area contributed by atoms with Gasteiger partial charge in [-0.3, -0.25) is 0 Å². The molecule has 1 aromatic carbocycles. The SMILES string of the molecule is CCC(CNCCc1ccccc1)NC(=O)OC(C)(C)C. The van der Waals surface area contributed by atoms with Crippen molar-refractivity contribution in [2.45, 2.75) is 52.2 Å². The zero-order valence-electron chi connectivity index (χ0n) is 13.6. The summed E-state index contributed by atoms with van der Waals surface area (Å²) in [5.74, 6) is 0. The molecule has 1 amide bonds. The summed E-state index contributed by atoms with van der Waals surface area (Å²) >= 11 is 0. The van der Waals surface area contributed by atoms with E-state index in [0.29, 0.717) is 0 Å². The number of carbonyl (C=O) groups excluding carboxylic acids is 1. The number of hydrogen-bond acceptors (Lipinski definition) is 3. The van der Waals surface area contributed by atoms with E-state index in [2.05, 4.69) is 29.7 Å². The van der Waals surface area contributed by atoms with E-state index in [9.17, 15) is 4.79 Å². The maximum absolute atomic E-state index is 11.7. The Hall–Kier alpha value is -1.55. The Bertz CT molecular complexity index is 413. The second kappa shape index (κ2) is 8.67. The first-order chi connectivity index (χ1) is 9.90. The van der Waals surface area contributed by atoms with E-state index >= 15 is 0 Å². The smallest absolute Gasteiger partial charge is 0.407 e. The molecular weight excluding hydrogens is 264 g/mol. The minimum Gasteiger partial charge on any atom is -0.444 e. The fourth-order valence-electron chi connectivity index (χ4n) is 1.93. The van der Waals surface area contributed by atoms with Gasteiger partial charge in [-0.2, -0.15) is 0 Å². The van der Waals surface area contributed by atoms with E-state index in [0.717, 1.165) is 25.9 Å². The van der Waals surface area contributed by atoms with Gasteiger partial charge in [0.15, 0.2) is 0 Å². The van der Waals surface area contributed by atoms with Gasteiger partial charge in [-0.25, -0.2) is 4.79 Å². The van der Waals surface area contributed by atoms with Gasteiger partial charge in [-0.15, -0.1) is 0 Å². The van der Waals surface area contributed by atoms with Gasteiger partial charge in [0.25, 0.3) is 0 Å². The maximum atomic E-state index is 11.7. The Kier molecular flexibility index (Phi) is 7.23. The number of nitrogens with one attached hydrogen (secondary N) is 2. The number of hydrogen-bond donors (Lipinski definition) is 2. The van der Waals surface area contributed by atoms with Crippen LogP contribution < -0.4 is 10.6 Å². The van der Waals surface area contributed by atoms with Crippen molar-refractivity contribution in [1.82, 2.24) is 10.6 Å². The van der Waals surface area contributed by atoms with Crippen molar-refractivity contribution in [3.05, 3.63) is 35.9 Å². The van der Waals surface area contributed by atoms with Crippen LogP contribution in [0.25, 0.3) is 0 Å². The van der Waals surface area contributed by atoms with Gasteiger partial charge in [0, 0.05) is 12.6 Å². The molecule has 2 N–H and O–H groups in total. The van der Waals surface area contributed by atoms with Crippen LogP contribution in [-0.4, -0.2) is 30.8 Å². The third-order valence-electron chi connectivity index (χ3n) is 3.04. The Morgan fingerprint density at radius 3 is 2.48 bits per heavy atom. The number of carbonyl (C=O) groups is 1. The lowest BCUT2D eigenvalue weighted by atomic mass is 10.1. The molecule has 1 atom stereocenters. The molecule has 1 rings (SSSR count). The molecule has 0 aromatic heterocycles. The van der Waals surface area contributed by atoms with Crippen molar-refractivity contribution in [3.8, 4) is 0 Å². The topological polar surface area (TPSA) is 50.4 Å². The van der Waals surface area contributed by atoms with Crippen molar-refractivity contribution in [2.24, 2.45) is 0 Å². The first-order valence-electron chi connectivity index (χ1n) is 7.65. The molecule has 118 valence electrons. The van der Waals surface area contributed by atoms with Gasteiger partial charge in [0.05, 0.1) is 0 Å². The minimum absolute atomic E-state index is 0.0932. The van der Waals surface area contributed by atoms with Crippen molar-refractivity contribution in [3.63, 3.8) is 0 Å². The van der Waals surface area contributed by atoms with Crippen molar-refractivity contribution < 1.29 is 9.53 Å². The molecule has 0 aliphatic rings. The largest absolute Gasteiger partial charge is 0.444 e. The highest BCUT2D eigenvalue weighted by Crippen LogP contribution is 2.07. The fourth-order valence-corrected chi connectivity index (χ4v) is 1.93. The average Bonchev–Trinajstić information content (AvgIpc) is 2.41. The van der Waals surface area contributed by atoms with Crippen LogP contribution in [0.3, 0.4) is 0 Å². The van der Waals surface area contributed by atoms with Crippen molar-refractivity contribution >= 4 is 6.09 Å². The highest BCUT2D eigenvalue weighted by molar-refractivity contribution is 5.68. The van der Waals surface area contributed by atoms with Crippen LogP contribution in [0.5, 0.6) is 0 Å². The highest BCUT2D eigenvalue weighted by atomic mass is 16.6. The summed E-state index contributed by atoms with van der Waals surface area (Å²) in [4.78, 5) is 11.7. The summed E-state index contributed by atoms with van der Waals surface area (Å²) in [6.07, 6.45) is 1.51. The zero-order valence-corrected chi connectivity index (χ0v) is 13.6. The number of rotatable bonds is 7. The summed E-state index contributed by atoms with van der Waals surface area (Å²) < 4.78 is 5.27. The van der Waals surface area contributed by atoms with Crippen molar-refractivity contribution in [2.75, 3.05) is 13.1 Å². The molecule has 0 aliphatic carbocycles.